The molecule has 1 aromatic carbocycles. The van der Waals surface area contributed by atoms with Gasteiger partial charge in [0, 0.05) is 35.8 Å². The topological polar surface area (TPSA) is 36.1 Å². The molecule has 1 aliphatic heterocycles. The number of nitrogens with one attached hydrogen (secondary N) is 1. The van der Waals surface area contributed by atoms with E-state index in [1.165, 1.54) is 22.0 Å². The smallest absolute Gasteiger partial charge is 0.230 e. The van der Waals surface area contributed by atoms with Crippen LogP contribution < -0.4 is 0 Å². The summed E-state index contributed by atoms with van der Waals surface area (Å²) in [7, 11) is 0. The normalized spacial score (nSPS) is 15.4. The Morgan fingerprint density at radius 2 is 2.16 bits per heavy atom. The van der Waals surface area contributed by atoms with E-state index in [-0.39, 0.29) is 5.91 Å². The van der Waals surface area contributed by atoms with E-state index in [1.54, 1.807) is 0 Å². The van der Waals surface area contributed by atoms with Gasteiger partial charge in [-0.25, -0.2) is 0 Å². The first-order valence-electron chi connectivity index (χ1n) is 6.69. The Kier molecular flexibility index (Phi) is 2.90. The molecule has 0 aliphatic carbocycles. The van der Waals surface area contributed by atoms with Gasteiger partial charge >= 0.3 is 0 Å². The molecule has 19 heavy (non-hydrogen) atoms. The first kappa shape index (κ1) is 12.0. The summed E-state index contributed by atoms with van der Waals surface area (Å²) in [4.78, 5) is 16.9. The van der Waals surface area contributed by atoms with Crippen molar-refractivity contribution in [3.8, 4) is 0 Å². The van der Waals surface area contributed by atoms with Crippen molar-refractivity contribution in [2.75, 3.05) is 6.54 Å². The third-order valence-electron chi connectivity index (χ3n) is 3.91. The number of benzene rings is 1. The Labute approximate surface area is 112 Å². The molecule has 0 saturated heterocycles. The third kappa shape index (κ3) is 2.05. The van der Waals surface area contributed by atoms with Crippen molar-refractivity contribution in [1.29, 1.82) is 0 Å². The second kappa shape index (κ2) is 4.57. The Morgan fingerprint density at radius 3 is 2.89 bits per heavy atom. The van der Waals surface area contributed by atoms with Gasteiger partial charge in [0.05, 0.1) is 0 Å². The van der Waals surface area contributed by atoms with Gasteiger partial charge in [-0.1, -0.05) is 24.3 Å². The van der Waals surface area contributed by atoms with Crippen molar-refractivity contribution in [3.63, 3.8) is 0 Å². The summed E-state index contributed by atoms with van der Waals surface area (Å²) >= 11 is 0. The molecule has 0 radical (unpaired) electrons. The van der Waals surface area contributed by atoms with Gasteiger partial charge < -0.3 is 9.88 Å². The lowest BCUT2D eigenvalue weighted by Crippen LogP contribution is -2.26. The van der Waals surface area contributed by atoms with Crippen molar-refractivity contribution in [3.05, 3.63) is 47.3 Å². The molecular formula is C16H18N2O. The molecule has 0 bridgehead atoms. The second-order valence-electron chi connectivity index (χ2n) is 5.16. The Balaban J connectivity index is 1.81. The molecule has 98 valence electrons. The number of H-pyrrole nitrogens is 1. The lowest BCUT2D eigenvalue weighted by Gasteiger charge is -2.17. The first-order chi connectivity index (χ1) is 9.16. The third-order valence-corrected chi connectivity index (χ3v) is 3.91. The van der Waals surface area contributed by atoms with Gasteiger partial charge in [0.1, 0.15) is 0 Å². The monoisotopic (exact) mass is 254 g/mol. The molecule has 1 amide bonds. The van der Waals surface area contributed by atoms with E-state index < -0.39 is 0 Å². The van der Waals surface area contributed by atoms with Crippen LogP contribution in [0.4, 0.5) is 0 Å². The molecule has 3 nitrogen and oxygen atoms in total. The minimum absolute atomic E-state index is 0.216. The van der Waals surface area contributed by atoms with E-state index in [1.807, 2.05) is 17.9 Å². The highest BCUT2D eigenvalue weighted by atomic mass is 16.2. The van der Waals surface area contributed by atoms with Crippen LogP contribution in [0.25, 0.3) is 10.9 Å². The number of fused-ring (bicyclic) bond motifs is 1. The zero-order chi connectivity index (χ0) is 13.4. The van der Waals surface area contributed by atoms with Crippen LogP contribution >= 0.6 is 0 Å². The lowest BCUT2D eigenvalue weighted by atomic mass is 10.1. The zero-order valence-electron chi connectivity index (χ0n) is 11.4. The molecular weight excluding hydrogens is 236 g/mol. The fraction of sp³-hybridized carbons (Fsp3) is 0.312. The lowest BCUT2D eigenvalue weighted by molar-refractivity contribution is -0.127. The number of allylic oxidation sites excluding steroid dienone is 1. The van der Waals surface area contributed by atoms with Crippen LogP contribution in [-0.4, -0.2) is 22.3 Å². The average molecular weight is 254 g/mol. The highest BCUT2D eigenvalue weighted by Gasteiger charge is 2.20. The van der Waals surface area contributed by atoms with Crippen LogP contribution in [0.3, 0.4) is 0 Å². The van der Waals surface area contributed by atoms with Crippen LogP contribution in [0.15, 0.2) is 36.2 Å². The molecule has 2 aromatic rings. The molecule has 3 heteroatoms. The summed E-state index contributed by atoms with van der Waals surface area (Å²) in [5, 5.41) is 1.27. The van der Waals surface area contributed by atoms with Gasteiger partial charge in [0.15, 0.2) is 0 Å². The largest absolute Gasteiger partial charge is 0.361 e. The van der Waals surface area contributed by atoms with E-state index in [2.05, 4.69) is 36.3 Å². The summed E-state index contributed by atoms with van der Waals surface area (Å²) in [6.07, 6.45) is 5.51. The van der Waals surface area contributed by atoms with Crippen LogP contribution in [0, 0.1) is 6.92 Å². The maximum absolute atomic E-state index is 11.7. The van der Waals surface area contributed by atoms with E-state index in [0.717, 1.165) is 18.7 Å². The van der Waals surface area contributed by atoms with Gasteiger partial charge in [-0.05, 0) is 31.4 Å². The number of carbonyl (C=O) groups excluding carboxylic acids is 1. The van der Waals surface area contributed by atoms with E-state index in [9.17, 15) is 4.79 Å². The van der Waals surface area contributed by atoms with Gasteiger partial charge in [0.2, 0.25) is 5.91 Å². The quantitative estimate of drug-likeness (QED) is 0.897. The Hall–Kier alpha value is -2.03. The summed E-state index contributed by atoms with van der Waals surface area (Å²) in [5.74, 6) is 0.216. The molecule has 0 spiro atoms. The standard InChI is InChI=1S/C16H18N2O/c1-11-4-3-5-14-13(10-17-16(11)14)8-9-18-12(2)6-7-15(18)19/h3-6,10,17H,7-9H2,1-2H3. The van der Waals surface area contributed by atoms with E-state index in [4.69, 9.17) is 0 Å². The van der Waals surface area contributed by atoms with Crippen molar-refractivity contribution < 1.29 is 4.79 Å². The molecule has 1 N–H and O–H groups in total. The Bertz CT molecular complexity index is 666. The number of aromatic nitrogens is 1. The van der Waals surface area contributed by atoms with Gasteiger partial charge in [-0.2, -0.15) is 0 Å². The van der Waals surface area contributed by atoms with Crippen molar-refractivity contribution in [1.82, 2.24) is 9.88 Å². The Morgan fingerprint density at radius 1 is 1.32 bits per heavy atom. The van der Waals surface area contributed by atoms with Crippen LogP contribution in [-0.2, 0) is 11.2 Å². The number of para-hydroxylation sites is 1. The van der Waals surface area contributed by atoms with Crippen LogP contribution in [0.5, 0.6) is 0 Å². The molecule has 0 saturated carbocycles. The highest BCUT2D eigenvalue weighted by Crippen LogP contribution is 2.23. The van der Waals surface area contributed by atoms with E-state index >= 15 is 0 Å². The minimum Gasteiger partial charge on any atom is -0.361 e. The number of rotatable bonds is 3. The average Bonchev–Trinajstić information content (AvgIpc) is 2.94. The number of aromatic amines is 1. The fourth-order valence-corrected chi connectivity index (χ4v) is 2.76. The predicted octanol–water partition coefficient (Wildman–Crippen LogP) is 3.15. The number of hydrogen-bond acceptors (Lipinski definition) is 1. The minimum atomic E-state index is 0.216. The van der Waals surface area contributed by atoms with Gasteiger partial charge in [0.25, 0.3) is 0 Å². The number of carbonyl (C=O) groups is 1. The molecule has 3 rings (SSSR count). The number of amides is 1. The molecule has 0 unspecified atom stereocenters. The van der Waals surface area contributed by atoms with Crippen molar-refractivity contribution in [2.45, 2.75) is 26.7 Å². The molecule has 1 aliphatic rings. The summed E-state index contributed by atoms with van der Waals surface area (Å²) in [6.45, 7) is 4.88. The fourth-order valence-electron chi connectivity index (χ4n) is 2.76. The number of hydrogen-bond donors (Lipinski definition) is 1. The van der Waals surface area contributed by atoms with Crippen molar-refractivity contribution >= 4 is 16.8 Å². The molecule has 0 fully saturated rings. The van der Waals surface area contributed by atoms with Gasteiger partial charge in [-0.15, -0.1) is 0 Å². The van der Waals surface area contributed by atoms with Crippen molar-refractivity contribution in [2.24, 2.45) is 0 Å². The summed E-state index contributed by atoms with van der Waals surface area (Å²) in [5.41, 5.74) is 4.84. The SMILES string of the molecule is CC1=CCC(=O)N1CCc1c[nH]c2c(C)cccc12. The maximum atomic E-state index is 11.7. The molecule has 1 aromatic heterocycles. The maximum Gasteiger partial charge on any atom is 0.230 e. The van der Waals surface area contributed by atoms with Crippen LogP contribution in [0.1, 0.15) is 24.5 Å². The predicted molar refractivity (Wildman–Crippen MR) is 76.8 cm³/mol. The number of aryl methyl sites for hydroxylation is 1. The molecule has 2 heterocycles. The summed E-state index contributed by atoms with van der Waals surface area (Å²) < 4.78 is 0. The van der Waals surface area contributed by atoms with E-state index in [0.29, 0.717) is 6.42 Å². The van der Waals surface area contributed by atoms with Gasteiger partial charge in [-0.3, -0.25) is 4.79 Å². The number of nitrogens with zero attached hydrogens (tertiary/aromatic N) is 1. The zero-order valence-corrected chi connectivity index (χ0v) is 11.4. The van der Waals surface area contributed by atoms with Crippen LogP contribution in [0.2, 0.25) is 0 Å². The highest BCUT2D eigenvalue weighted by molar-refractivity contribution is 5.86. The molecule has 0 atom stereocenters. The first-order valence-corrected chi connectivity index (χ1v) is 6.69. The summed E-state index contributed by atoms with van der Waals surface area (Å²) in [6, 6.07) is 6.34. The second-order valence-corrected chi connectivity index (χ2v) is 5.16.